The Morgan fingerprint density at radius 2 is 2.07 bits per heavy atom. The Labute approximate surface area is 165 Å². The maximum atomic E-state index is 14.7. The number of halogens is 1. The van der Waals surface area contributed by atoms with E-state index < -0.39 is 0 Å². The van der Waals surface area contributed by atoms with E-state index in [1.807, 2.05) is 25.1 Å². The van der Waals surface area contributed by atoms with E-state index >= 15 is 0 Å². The molecule has 2 heterocycles. The Kier molecular flexibility index (Phi) is 4.94. The molecule has 1 aliphatic rings. The molecule has 1 saturated heterocycles. The van der Waals surface area contributed by atoms with Gasteiger partial charge in [-0.1, -0.05) is 12.1 Å². The summed E-state index contributed by atoms with van der Waals surface area (Å²) in [5.41, 5.74) is 9.58. The van der Waals surface area contributed by atoms with Crippen LogP contribution in [0.4, 0.5) is 15.9 Å². The van der Waals surface area contributed by atoms with Crippen molar-refractivity contribution < 1.29 is 4.39 Å². The number of anilines is 2. The zero-order valence-corrected chi connectivity index (χ0v) is 16.7. The van der Waals surface area contributed by atoms with E-state index in [-0.39, 0.29) is 5.82 Å². The van der Waals surface area contributed by atoms with Crippen LogP contribution in [-0.4, -0.2) is 43.6 Å². The van der Waals surface area contributed by atoms with Crippen LogP contribution in [0.1, 0.15) is 12.0 Å². The van der Waals surface area contributed by atoms with Crippen molar-refractivity contribution in [1.29, 1.82) is 0 Å². The lowest BCUT2D eigenvalue weighted by Crippen LogP contribution is -2.25. The molecule has 4 nitrogen and oxygen atoms in total. The van der Waals surface area contributed by atoms with Crippen LogP contribution < -0.4 is 10.6 Å². The molecule has 4 rings (SSSR count). The van der Waals surface area contributed by atoms with Gasteiger partial charge in [0.25, 0.3) is 0 Å². The number of hydrogen-bond donors (Lipinski definition) is 1. The van der Waals surface area contributed by atoms with Gasteiger partial charge in [0, 0.05) is 47.9 Å². The molecule has 3 aromatic rings. The highest BCUT2D eigenvalue weighted by Gasteiger charge is 2.25. The third-order valence-corrected chi connectivity index (χ3v) is 5.60. The lowest BCUT2D eigenvalue weighted by molar-refractivity contribution is 0.340. The summed E-state index contributed by atoms with van der Waals surface area (Å²) in [5.74, 6) is 0.941. The molecule has 2 aromatic carbocycles. The fourth-order valence-electron chi connectivity index (χ4n) is 4.37. The summed E-state index contributed by atoms with van der Waals surface area (Å²) in [6.45, 7) is 5.02. The van der Waals surface area contributed by atoms with Gasteiger partial charge in [0.15, 0.2) is 0 Å². The number of nitrogens with two attached hydrogens (primary N) is 1. The fourth-order valence-corrected chi connectivity index (χ4v) is 4.37. The first kappa shape index (κ1) is 18.7. The smallest absolute Gasteiger partial charge is 0.131 e. The van der Waals surface area contributed by atoms with Gasteiger partial charge in [-0.2, -0.15) is 0 Å². The van der Waals surface area contributed by atoms with Crippen molar-refractivity contribution in [2.75, 3.05) is 44.4 Å². The first-order valence-electron chi connectivity index (χ1n) is 9.77. The van der Waals surface area contributed by atoms with Gasteiger partial charge in [0.05, 0.1) is 0 Å². The number of nitrogen functional groups attached to an aromatic ring is 1. The van der Waals surface area contributed by atoms with Gasteiger partial charge in [-0.3, -0.25) is 0 Å². The van der Waals surface area contributed by atoms with E-state index in [1.54, 1.807) is 12.3 Å². The average molecular weight is 378 g/mol. The standard InChI is InChI=1S/C23H27FN4/c1-15-5-4-6-20(24)23(15)17-9-18-12-26-22(25)11-19(18)21(10-17)28-8-7-16(14-28)13-27(2)3/h4-6,9-12,16H,7-8,13-14H2,1-3H3,(H2,25,26)/t16-/m0/s1. The van der Waals surface area contributed by atoms with Gasteiger partial charge < -0.3 is 15.5 Å². The van der Waals surface area contributed by atoms with E-state index in [0.29, 0.717) is 17.3 Å². The maximum Gasteiger partial charge on any atom is 0.131 e. The van der Waals surface area contributed by atoms with Gasteiger partial charge in [-0.15, -0.1) is 0 Å². The Morgan fingerprint density at radius 1 is 1.25 bits per heavy atom. The highest BCUT2D eigenvalue weighted by molar-refractivity contribution is 5.99. The minimum Gasteiger partial charge on any atom is -0.384 e. The molecule has 0 saturated carbocycles. The molecule has 0 spiro atoms. The molecule has 1 fully saturated rings. The number of rotatable bonds is 4. The van der Waals surface area contributed by atoms with E-state index in [1.165, 1.54) is 6.07 Å². The van der Waals surface area contributed by atoms with Crippen LogP contribution in [0.15, 0.2) is 42.6 Å². The molecule has 146 valence electrons. The highest BCUT2D eigenvalue weighted by Crippen LogP contribution is 2.37. The molecule has 1 aliphatic heterocycles. The van der Waals surface area contributed by atoms with Crippen LogP contribution in [0.3, 0.4) is 0 Å². The molecule has 0 bridgehead atoms. The predicted octanol–water partition coefficient (Wildman–Crippen LogP) is 4.32. The molecule has 2 N–H and O–H groups in total. The normalized spacial score (nSPS) is 17.0. The van der Waals surface area contributed by atoms with Crippen molar-refractivity contribution in [2.24, 2.45) is 5.92 Å². The molecule has 0 aliphatic carbocycles. The van der Waals surface area contributed by atoms with E-state index in [9.17, 15) is 4.39 Å². The lowest BCUT2D eigenvalue weighted by atomic mass is 9.96. The topological polar surface area (TPSA) is 45.4 Å². The van der Waals surface area contributed by atoms with Gasteiger partial charge in [-0.05, 0) is 68.8 Å². The van der Waals surface area contributed by atoms with Crippen molar-refractivity contribution in [3.05, 3.63) is 54.0 Å². The van der Waals surface area contributed by atoms with Crippen molar-refractivity contribution in [3.63, 3.8) is 0 Å². The van der Waals surface area contributed by atoms with Crippen LogP contribution in [0.2, 0.25) is 0 Å². The number of nitrogens with zero attached hydrogens (tertiary/aromatic N) is 3. The molecule has 1 atom stereocenters. The van der Waals surface area contributed by atoms with Gasteiger partial charge in [0.1, 0.15) is 11.6 Å². The maximum absolute atomic E-state index is 14.7. The number of aromatic nitrogens is 1. The second kappa shape index (κ2) is 7.40. The Morgan fingerprint density at radius 3 is 2.82 bits per heavy atom. The minimum absolute atomic E-state index is 0.194. The lowest BCUT2D eigenvalue weighted by Gasteiger charge is -2.23. The van der Waals surface area contributed by atoms with E-state index in [2.05, 4.69) is 34.9 Å². The van der Waals surface area contributed by atoms with Gasteiger partial charge in [0.2, 0.25) is 0 Å². The first-order valence-corrected chi connectivity index (χ1v) is 9.77. The van der Waals surface area contributed by atoms with Crippen molar-refractivity contribution in [1.82, 2.24) is 9.88 Å². The molecule has 5 heteroatoms. The third-order valence-electron chi connectivity index (χ3n) is 5.60. The van der Waals surface area contributed by atoms with Crippen LogP contribution in [0, 0.1) is 18.7 Å². The van der Waals surface area contributed by atoms with Crippen LogP contribution in [0.5, 0.6) is 0 Å². The fraction of sp³-hybridized carbons (Fsp3) is 0.348. The number of aryl methyl sites for hydroxylation is 1. The second-order valence-electron chi connectivity index (χ2n) is 8.12. The summed E-state index contributed by atoms with van der Waals surface area (Å²) in [7, 11) is 4.23. The quantitative estimate of drug-likeness (QED) is 0.734. The summed E-state index contributed by atoms with van der Waals surface area (Å²) < 4.78 is 14.7. The van der Waals surface area contributed by atoms with E-state index in [4.69, 9.17) is 5.73 Å². The first-order chi connectivity index (χ1) is 13.4. The largest absolute Gasteiger partial charge is 0.384 e. The number of benzene rings is 2. The Balaban J connectivity index is 1.84. The van der Waals surface area contributed by atoms with Crippen molar-refractivity contribution >= 4 is 22.3 Å². The summed E-state index contributed by atoms with van der Waals surface area (Å²) in [5, 5.41) is 2.07. The highest BCUT2D eigenvalue weighted by atomic mass is 19.1. The SMILES string of the molecule is Cc1cccc(F)c1-c1cc(N2CC[C@@H](CN(C)C)C2)c2cc(N)ncc2c1. The molecular formula is C23H27FN4. The third kappa shape index (κ3) is 3.54. The number of hydrogen-bond acceptors (Lipinski definition) is 4. The summed E-state index contributed by atoms with van der Waals surface area (Å²) >= 11 is 0. The predicted molar refractivity (Wildman–Crippen MR) is 115 cm³/mol. The Hall–Kier alpha value is -2.66. The van der Waals surface area contributed by atoms with Crippen molar-refractivity contribution in [2.45, 2.75) is 13.3 Å². The van der Waals surface area contributed by atoms with E-state index in [0.717, 1.165) is 53.6 Å². The zero-order valence-electron chi connectivity index (χ0n) is 16.7. The van der Waals surface area contributed by atoms with Gasteiger partial charge in [-0.25, -0.2) is 9.37 Å². The van der Waals surface area contributed by atoms with Crippen LogP contribution >= 0.6 is 0 Å². The minimum atomic E-state index is -0.194. The average Bonchev–Trinajstić information content (AvgIpc) is 3.08. The molecule has 0 unspecified atom stereocenters. The van der Waals surface area contributed by atoms with Crippen molar-refractivity contribution in [3.8, 4) is 11.1 Å². The van der Waals surface area contributed by atoms with Crippen LogP contribution in [0.25, 0.3) is 21.9 Å². The summed E-state index contributed by atoms with van der Waals surface area (Å²) in [6.07, 6.45) is 2.95. The molecule has 1 aromatic heterocycles. The molecule has 28 heavy (non-hydrogen) atoms. The molecule has 0 amide bonds. The summed E-state index contributed by atoms with van der Waals surface area (Å²) in [4.78, 5) is 8.92. The second-order valence-corrected chi connectivity index (χ2v) is 8.12. The van der Waals surface area contributed by atoms with Gasteiger partial charge >= 0.3 is 0 Å². The monoisotopic (exact) mass is 378 g/mol. The Bertz CT molecular complexity index is 995. The molecular weight excluding hydrogens is 351 g/mol. The number of fused-ring (bicyclic) bond motifs is 1. The van der Waals surface area contributed by atoms with Crippen LogP contribution in [-0.2, 0) is 0 Å². The number of pyridine rings is 1. The summed E-state index contributed by atoms with van der Waals surface area (Å²) in [6, 6.07) is 11.3. The zero-order chi connectivity index (χ0) is 19.8. The molecule has 0 radical (unpaired) electrons.